The summed E-state index contributed by atoms with van der Waals surface area (Å²) in [6.07, 6.45) is 5.09. The number of rotatable bonds is 5. The van der Waals surface area contributed by atoms with Gasteiger partial charge in [-0.3, -0.25) is 0 Å². The van der Waals surface area contributed by atoms with E-state index in [0.717, 1.165) is 24.2 Å². The van der Waals surface area contributed by atoms with Crippen molar-refractivity contribution >= 4 is 5.69 Å². The van der Waals surface area contributed by atoms with Crippen molar-refractivity contribution < 1.29 is 0 Å². The van der Waals surface area contributed by atoms with Gasteiger partial charge in [0, 0.05) is 23.3 Å². The zero-order valence-corrected chi connectivity index (χ0v) is 12.3. The van der Waals surface area contributed by atoms with Crippen LogP contribution < -0.4 is 10.6 Å². The SMILES string of the molecule is CC(CC1CCCCN1)Nc1cccc(-c2nn[nH]n2)c1. The number of hydrogen-bond donors (Lipinski definition) is 3. The molecule has 2 unspecified atom stereocenters. The van der Waals surface area contributed by atoms with Gasteiger partial charge in [0.25, 0.3) is 0 Å². The first-order chi connectivity index (χ1) is 10.3. The Balaban J connectivity index is 1.60. The van der Waals surface area contributed by atoms with Crippen molar-refractivity contribution in [1.82, 2.24) is 25.9 Å². The lowest BCUT2D eigenvalue weighted by molar-refractivity contribution is 0.371. The van der Waals surface area contributed by atoms with Crippen LogP contribution >= 0.6 is 0 Å². The summed E-state index contributed by atoms with van der Waals surface area (Å²) < 4.78 is 0. The Morgan fingerprint density at radius 3 is 3.10 bits per heavy atom. The van der Waals surface area contributed by atoms with Gasteiger partial charge in [-0.1, -0.05) is 18.6 Å². The number of anilines is 1. The van der Waals surface area contributed by atoms with Crippen molar-refractivity contribution in [2.75, 3.05) is 11.9 Å². The van der Waals surface area contributed by atoms with Gasteiger partial charge in [0.15, 0.2) is 0 Å². The van der Waals surface area contributed by atoms with Crippen LogP contribution in [0, 0.1) is 0 Å². The summed E-state index contributed by atoms with van der Waals surface area (Å²) in [5.74, 6) is 0.625. The van der Waals surface area contributed by atoms with E-state index in [1.807, 2.05) is 12.1 Å². The van der Waals surface area contributed by atoms with Crippen LogP contribution in [0.25, 0.3) is 11.4 Å². The Morgan fingerprint density at radius 1 is 1.38 bits per heavy atom. The highest BCUT2D eigenvalue weighted by Crippen LogP contribution is 2.20. The van der Waals surface area contributed by atoms with Crippen molar-refractivity contribution in [3.63, 3.8) is 0 Å². The van der Waals surface area contributed by atoms with Crippen LogP contribution in [-0.4, -0.2) is 39.3 Å². The molecule has 2 atom stereocenters. The van der Waals surface area contributed by atoms with Crippen LogP contribution in [0.3, 0.4) is 0 Å². The second-order valence-electron chi connectivity index (χ2n) is 5.74. The number of benzene rings is 1. The lowest BCUT2D eigenvalue weighted by Crippen LogP contribution is -2.37. The number of tetrazole rings is 1. The van der Waals surface area contributed by atoms with E-state index in [4.69, 9.17) is 0 Å². The van der Waals surface area contributed by atoms with E-state index in [2.05, 4.69) is 50.3 Å². The fourth-order valence-corrected chi connectivity index (χ4v) is 2.93. The zero-order valence-electron chi connectivity index (χ0n) is 12.3. The highest BCUT2D eigenvalue weighted by atomic mass is 15.5. The Hall–Kier alpha value is -1.95. The van der Waals surface area contributed by atoms with Gasteiger partial charge >= 0.3 is 0 Å². The van der Waals surface area contributed by atoms with Crippen LogP contribution in [0.1, 0.15) is 32.6 Å². The van der Waals surface area contributed by atoms with Gasteiger partial charge in [-0.05, 0) is 50.1 Å². The summed E-state index contributed by atoms with van der Waals surface area (Å²) in [6, 6.07) is 9.22. The fourth-order valence-electron chi connectivity index (χ4n) is 2.93. The number of aromatic nitrogens is 4. The molecule has 0 radical (unpaired) electrons. The number of nitrogens with one attached hydrogen (secondary N) is 3. The third kappa shape index (κ3) is 3.78. The molecule has 6 nitrogen and oxygen atoms in total. The Morgan fingerprint density at radius 2 is 2.33 bits per heavy atom. The molecule has 0 saturated carbocycles. The van der Waals surface area contributed by atoms with E-state index < -0.39 is 0 Å². The molecular formula is C15H22N6. The van der Waals surface area contributed by atoms with Crippen LogP contribution in [-0.2, 0) is 0 Å². The molecule has 112 valence electrons. The lowest BCUT2D eigenvalue weighted by Gasteiger charge is -2.27. The molecule has 3 rings (SSSR count). The maximum Gasteiger partial charge on any atom is 0.204 e. The molecule has 0 aliphatic carbocycles. The summed E-state index contributed by atoms with van der Waals surface area (Å²) in [6.45, 7) is 3.39. The number of hydrogen-bond acceptors (Lipinski definition) is 5. The number of nitrogens with zero attached hydrogens (tertiary/aromatic N) is 3. The molecule has 1 aromatic heterocycles. The van der Waals surface area contributed by atoms with Gasteiger partial charge in [-0.2, -0.15) is 5.21 Å². The second kappa shape index (κ2) is 6.67. The first kappa shape index (κ1) is 14.0. The predicted octanol–water partition coefficient (Wildman–Crippen LogP) is 2.20. The van der Waals surface area contributed by atoms with E-state index in [9.17, 15) is 0 Å². The number of piperidine rings is 1. The molecule has 0 bridgehead atoms. The molecule has 2 heterocycles. The average molecular weight is 286 g/mol. The molecule has 3 N–H and O–H groups in total. The minimum absolute atomic E-state index is 0.432. The first-order valence-corrected chi connectivity index (χ1v) is 7.65. The molecular weight excluding hydrogens is 264 g/mol. The average Bonchev–Trinajstić information content (AvgIpc) is 3.02. The maximum atomic E-state index is 4.02. The fraction of sp³-hybridized carbons (Fsp3) is 0.533. The molecule has 1 aliphatic rings. The van der Waals surface area contributed by atoms with E-state index in [0.29, 0.717) is 17.9 Å². The molecule has 21 heavy (non-hydrogen) atoms. The third-order valence-electron chi connectivity index (χ3n) is 3.93. The quantitative estimate of drug-likeness (QED) is 0.785. The van der Waals surface area contributed by atoms with Gasteiger partial charge in [0.2, 0.25) is 5.82 Å². The largest absolute Gasteiger partial charge is 0.383 e. The van der Waals surface area contributed by atoms with Crippen molar-refractivity contribution in [2.45, 2.75) is 44.7 Å². The monoisotopic (exact) mass is 286 g/mol. The van der Waals surface area contributed by atoms with Gasteiger partial charge in [0.05, 0.1) is 0 Å². The van der Waals surface area contributed by atoms with Crippen LogP contribution in [0.5, 0.6) is 0 Å². The van der Waals surface area contributed by atoms with Crippen LogP contribution in [0.2, 0.25) is 0 Å². The summed E-state index contributed by atoms with van der Waals surface area (Å²) >= 11 is 0. The van der Waals surface area contributed by atoms with E-state index in [1.54, 1.807) is 0 Å². The predicted molar refractivity (Wildman–Crippen MR) is 83.0 cm³/mol. The van der Waals surface area contributed by atoms with Gasteiger partial charge in [-0.15, -0.1) is 10.2 Å². The third-order valence-corrected chi connectivity index (χ3v) is 3.93. The van der Waals surface area contributed by atoms with E-state index in [1.165, 1.54) is 19.3 Å². The van der Waals surface area contributed by atoms with Crippen molar-refractivity contribution in [3.8, 4) is 11.4 Å². The second-order valence-corrected chi connectivity index (χ2v) is 5.74. The Bertz CT molecular complexity index is 547. The highest BCUT2D eigenvalue weighted by molar-refractivity contribution is 5.61. The topological polar surface area (TPSA) is 78.5 Å². The zero-order chi connectivity index (χ0) is 14.5. The van der Waals surface area contributed by atoms with Gasteiger partial charge in [0.1, 0.15) is 0 Å². The number of H-pyrrole nitrogens is 1. The molecule has 0 spiro atoms. The molecule has 1 aliphatic heterocycles. The molecule has 0 amide bonds. The van der Waals surface area contributed by atoms with Crippen LogP contribution in [0.15, 0.2) is 24.3 Å². The van der Waals surface area contributed by atoms with Crippen LogP contribution in [0.4, 0.5) is 5.69 Å². The smallest absolute Gasteiger partial charge is 0.204 e. The standard InChI is InChI=1S/C15H22N6/c1-11(9-13-6-2-3-8-16-13)17-14-7-4-5-12(10-14)15-18-20-21-19-15/h4-5,7,10-11,13,16-17H,2-3,6,8-9H2,1H3,(H,18,19,20,21). The summed E-state index contributed by atoms with van der Waals surface area (Å²) in [4.78, 5) is 0. The summed E-state index contributed by atoms with van der Waals surface area (Å²) in [7, 11) is 0. The molecule has 2 aromatic rings. The highest BCUT2D eigenvalue weighted by Gasteiger charge is 2.15. The van der Waals surface area contributed by atoms with E-state index >= 15 is 0 Å². The molecule has 6 heteroatoms. The van der Waals surface area contributed by atoms with Gasteiger partial charge in [-0.25, -0.2) is 0 Å². The number of aromatic amines is 1. The van der Waals surface area contributed by atoms with E-state index in [-0.39, 0.29) is 0 Å². The maximum absolute atomic E-state index is 4.02. The molecule has 1 aromatic carbocycles. The normalized spacial score (nSPS) is 20.1. The van der Waals surface area contributed by atoms with Crippen molar-refractivity contribution in [2.24, 2.45) is 0 Å². The van der Waals surface area contributed by atoms with Crippen molar-refractivity contribution in [3.05, 3.63) is 24.3 Å². The lowest BCUT2D eigenvalue weighted by atomic mass is 9.98. The minimum Gasteiger partial charge on any atom is -0.383 e. The Labute approximate surface area is 124 Å². The van der Waals surface area contributed by atoms with Gasteiger partial charge < -0.3 is 10.6 Å². The molecule has 1 fully saturated rings. The summed E-state index contributed by atoms with van der Waals surface area (Å²) in [5, 5.41) is 21.3. The van der Waals surface area contributed by atoms with Crippen molar-refractivity contribution in [1.29, 1.82) is 0 Å². The minimum atomic E-state index is 0.432. The first-order valence-electron chi connectivity index (χ1n) is 7.65. The summed E-state index contributed by atoms with van der Waals surface area (Å²) in [5.41, 5.74) is 2.07. The Kier molecular flexibility index (Phi) is 4.45. The molecule has 1 saturated heterocycles.